The van der Waals surface area contributed by atoms with E-state index in [1.54, 1.807) is 4.90 Å². The molecule has 2 amide bonds. The van der Waals surface area contributed by atoms with Gasteiger partial charge in [-0.25, -0.2) is 0 Å². The molecular weight excluding hydrogens is 240 g/mol. The van der Waals surface area contributed by atoms with Gasteiger partial charge in [0.25, 0.3) is 0 Å². The molecule has 0 saturated carbocycles. The Bertz CT molecular complexity index is 491. The first-order chi connectivity index (χ1) is 8.90. The lowest BCUT2D eigenvalue weighted by molar-refractivity contribution is -0.135. The van der Waals surface area contributed by atoms with E-state index < -0.39 is 6.04 Å². The molecule has 1 aliphatic rings. The fourth-order valence-electron chi connectivity index (χ4n) is 2.35. The summed E-state index contributed by atoms with van der Waals surface area (Å²) in [4.78, 5) is 25.1. The Kier molecular flexibility index (Phi) is 3.60. The van der Waals surface area contributed by atoms with Crippen LogP contribution in [0, 0.1) is 0 Å². The highest BCUT2D eigenvalue weighted by Crippen LogP contribution is 2.22. The summed E-state index contributed by atoms with van der Waals surface area (Å²) in [6, 6.07) is 7.54. The van der Waals surface area contributed by atoms with E-state index in [1.165, 1.54) is 0 Å². The number of nitrogens with zero attached hydrogens (tertiary/aromatic N) is 1. The van der Waals surface area contributed by atoms with Crippen molar-refractivity contribution in [3.8, 4) is 0 Å². The fourth-order valence-corrected chi connectivity index (χ4v) is 2.35. The molecule has 19 heavy (non-hydrogen) atoms. The lowest BCUT2D eigenvalue weighted by Crippen LogP contribution is -2.54. The van der Waals surface area contributed by atoms with E-state index in [4.69, 9.17) is 0 Å². The summed E-state index contributed by atoms with van der Waals surface area (Å²) in [5, 5.41) is 2.94. The van der Waals surface area contributed by atoms with Gasteiger partial charge >= 0.3 is 0 Å². The van der Waals surface area contributed by atoms with Crippen molar-refractivity contribution in [2.45, 2.75) is 45.3 Å². The minimum atomic E-state index is -0.411. The lowest BCUT2D eigenvalue weighted by Gasteiger charge is -2.35. The van der Waals surface area contributed by atoms with E-state index in [1.807, 2.05) is 45.0 Å². The normalized spacial score (nSPS) is 18.7. The van der Waals surface area contributed by atoms with Gasteiger partial charge in [-0.1, -0.05) is 24.3 Å². The lowest BCUT2D eigenvalue weighted by atomic mass is 9.93. The van der Waals surface area contributed by atoms with Crippen molar-refractivity contribution in [1.29, 1.82) is 0 Å². The van der Waals surface area contributed by atoms with Crippen molar-refractivity contribution in [2.24, 2.45) is 0 Å². The SMILES string of the molecule is CC(C)(C)NC(=O)[C@@H]1Cc2ccccc2CN1C=O. The van der Waals surface area contributed by atoms with E-state index in [0.717, 1.165) is 17.5 Å². The summed E-state index contributed by atoms with van der Waals surface area (Å²) in [6.45, 7) is 6.31. The first-order valence-corrected chi connectivity index (χ1v) is 6.50. The first-order valence-electron chi connectivity index (χ1n) is 6.50. The Labute approximate surface area is 113 Å². The molecule has 0 fully saturated rings. The van der Waals surface area contributed by atoms with Crippen LogP contribution in [-0.2, 0) is 22.6 Å². The highest BCUT2D eigenvalue weighted by Gasteiger charge is 2.32. The zero-order chi connectivity index (χ0) is 14.0. The van der Waals surface area contributed by atoms with Crippen molar-refractivity contribution in [3.63, 3.8) is 0 Å². The third-order valence-corrected chi connectivity index (χ3v) is 3.22. The highest BCUT2D eigenvalue weighted by atomic mass is 16.2. The predicted octanol–water partition coefficient (Wildman–Crippen LogP) is 1.48. The Morgan fingerprint density at radius 1 is 1.32 bits per heavy atom. The maximum atomic E-state index is 12.3. The van der Waals surface area contributed by atoms with Gasteiger partial charge in [0, 0.05) is 18.5 Å². The standard InChI is InChI=1S/C15H20N2O2/c1-15(2,3)16-14(19)13-8-11-6-4-5-7-12(11)9-17(13)10-18/h4-7,10,13H,8-9H2,1-3H3,(H,16,19)/t13-/m0/s1. The minimum Gasteiger partial charge on any atom is -0.350 e. The molecule has 4 nitrogen and oxygen atoms in total. The van der Waals surface area contributed by atoms with Crippen LogP contribution in [-0.4, -0.2) is 28.8 Å². The summed E-state index contributed by atoms with van der Waals surface area (Å²) in [5.74, 6) is -0.0888. The van der Waals surface area contributed by atoms with Crippen molar-refractivity contribution < 1.29 is 9.59 Å². The molecule has 1 aliphatic heterocycles. The van der Waals surface area contributed by atoms with E-state index in [9.17, 15) is 9.59 Å². The summed E-state index contributed by atoms with van der Waals surface area (Å²) >= 11 is 0. The number of carbonyl (C=O) groups is 2. The van der Waals surface area contributed by atoms with E-state index in [0.29, 0.717) is 13.0 Å². The van der Waals surface area contributed by atoms with Crippen LogP contribution >= 0.6 is 0 Å². The average Bonchev–Trinajstić information content (AvgIpc) is 2.35. The van der Waals surface area contributed by atoms with Crippen molar-refractivity contribution in [1.82, 2.24) is 10.2 Å². The Morgan fingerprint density at radius 3 is 2.53 bits per heavy atom. The number of hydrogen-bond acceptors (Lipinski definition) is 2. The van der Waals surface area contributed by atoms with Gasteiger partial charge in [-0.05, 0) is 31.9 Å². The second-order valence-corrected chi connectivity index (χ2v) is 6.01. The molecular formula is C15H20N2O2. The zero-order valence-corrected chi connectivity index (χ0v) is 11.6. The van der Waals surface area contributed by atoms with Gasteiger partial charge in [-0.15, -0.1) is 0 Å². The predicted molar refractivity (Wildman–Crippen MR) is 73.4 cm³/mol. The molecule has 1 atom stereocenters. The van der Waals surface area contributed by atoms with Crippen LogP contribution in [0.15, 0.2) is 24.3 Å². The molecule has 0 spiro atoms. The molecule has 0 bridgehead atoms. The van der Waals surface area contributed by atoms with Gasteiger partial charge in [-0.3, -0.25) is 9.59 Å². The van der Waals surface area contributed by atoms with Gasteiger partial charge in [0.2, 0.25) is 12.3 Å². The third kappa shape index (κ3) is 3.13. The van der Waals surface area contributed by atoms with Gasteiger partial charge in [0.05, 0.1) is 0 Å². The summed E-state index contributed by atoms with van der Waals surface area (Å²) < 4.78 is 0. The second kappa shape index (κ2) is 5.03. The summed E-state index contributed by atoms with van der Waals surface area (Å²) in [7, 11) is 0. The molecule has 2 rings (SSSR count). The van der Waals surface area contributed by atoms with Crippen LogP contribution in [0.2, 0.25) is 0 Å². The molecule has 0 radical (unpaired) electrons. The fraction of sp³-hybridized carbons (Fsp3) is 0.467. The molecule has 0 saturated heterocycles. The first kappa shape index (κ1) is 13.6. The van der Waals surface area contributed by atoms with Crippen LogP contribution < -0.4 is 5.32 Å². The maximum Gasteiger partial charge on any atom is 0.243 e. The maximum absolute atomic E-state index is 12.3. The quantitative estimate of drug-likeness (QED) is 0.819. The van der Waals surface area contributed by atoms with Crippen LogP contribution in [0.1, 0.15) is 31.9 Å². The third-order valence-electron chi connectivity index (χ3n) is 3.22. The van der Waals surface area contributed by atoms with Crippen molar-refractivity contribution in [3.05, 3.63) is 35.4 Å². The Hall–Kier alpha value is -1.84. The molecule has 1 aromatic rings. The van der Waals surface area contributed by atoms with E-state index in [-0.39, 0.29) is 11.4 Å². The summed E-state index contributed by atoms with van der Waals surface area (Å²) in [6.07, 6.45) is 1.35. The number of rotatable bonds is 2. The van der Waals surface area contributed by atoms with Crippen molar-refractivity contribution in [2.75, 3.05) is 0 Å². The Morgan fingerprint density at radius 2 is 1.95 bits per heavy atom. The van der Waals surface area contributed by atoms with Crippen LogP contribution in [0.4, 0.5) is 0 Å². The zero-order valence-electron chi connectivity index (χ0n) is 11.6. The smallest absolute Gasteiger partial charge is 0.243 e. The van der Waals surface area contributed by atoms with Gasteiger partial charge in [0.1, 0.15) is 6.04 Å². The molecule has 1 aromatic carbocycles. The van der Waals surface area contributed by atoms with Crippen LogP contribution in [0.5, 0.6) is 0 Å². The monoisotopic (exact) mass is 260 g/mol. The van der Waals surface area contributed by atoms with Crippen LogP contribution in [0.3, 0.4) is 0 Å². The van der Waals surface area contributed by atoms with E-state index >= 15 is 0 Å². The molecule has 4 heteroatoms. The molecule has 102 valence electrons. The van der Waals surface area contributed by atoms with Crippen LogP contribution in [0.25, 0.3) is 0 Å². The number of amides is 2. The highest BCUT2D eigenvalue weighted by molar-refractivity contribution is 5.85. The number of nitrogens with one attached hydrogen (secondary N) is 1. The molecule has 0 aromatic heterocycles. The van der Waals surface area contributed by atoms with Gasteiger partial charge < -0.3 is 10.2 Å². The number of carbonyl (C=O) groups excluding carboxylic acids is 2. The largest absolute Gasteiger partial charge is 0.350 e. The molecule has 0 aliphatic carbocycles. The van der Waals surface area contributed by atoms with Gasteiger partial charge in [0.15, 0.2) is 0 Å². The second-order valence-electron chi connectivity index (χ2n) is 6.01. The number of fused-ring (bicyclic) bond motifs is 1. The van der Waals surface area contributed by atoms with E-state index in [2.05, 4.69) is 5.32 Å². The average molecular weight is 260 g/mol. The minimum absolute atomic E-state index is 0.0888. The summed E-state index contributed by atoms with van der Waals surface area (Å²) in [5.41, 5.74) is 1.98. The van der Waals surface area contributed by atoms with Crippen molar-refractivity contribution >= 4 is 12.3 Å². The van der Waals surface area contributed by atoms with Gasteiger partial charge in [-0.2, -0.15) is 0 Å². The topological polar surface area (TPSA) is 49.4 Å². The molecule has 1 N–H and O–H groups in total. The Balaban J connectivity index is 2.21. The number of hydrogen-bond donors (Lipinski definition) is 1. The molecule has 0 unspecified atom stereocenters. The molecule has 1 heterocycles. The number of benzene rings is 1.